The van der Waals surface area contributed by atoms with Gasteiger partial charge in [-0.15, -0.1) is 0 Å². The van der Waals surface area contributed by atoms with Gasteiger partial charge in [-0.1, -0.05) is 34.8 Å². The molecule has 5 rings (SSSR count). The predicted molar refractivity (Wildman–Crippen MR) is 154 cm³/mol. The number of ether oxygens (including phenoxy) is 2. The Morgan fingerprint density at radius 1 is 1.20 bits per heavy atom. The fraction of sp³-hybridized carbons (Fsp3) is 0.233. The van der Waals surface area contributed by atoms with E-state index in [0.29, 0.717) is 46.8 Å². The second-order valence-electron chi connectivity index (χ2n) is 8.95. The van der Waals surface area contributed by atoms with E-state index in [1.807, 2.05) is 24.3 Å². The van der Waals surface area contributed by atoms with Crippen LogP contribution < -0.4 is 15.4 Å². The minimum Gasteiger partial charge on any atom is -0.487 e. The maximum Gasteiger partial charge on any atom is 0.159 e. The summed E-state index contributed by atoms with van der Waals surface area (Å²) in [6.45, 7) is 4.47. The van der Waals surface area contributed by atoms with Crippen LogP contribution in [0.3, 0.4) is 0 Å². The van der Waals surface area contributed by atoms with E-state index in [1.54, 1.807) is 31.2 Å². The first-order chi connectivity index (χ1) is 19.6. The molecule has 10 heteroatoms. The second-order valence-corrected chi connectivity index (χ2v) is 9.36. The lowest BCUT2D eigenvalue weighted by Gasteiger charge is -2.22. The van der Waals surface area contributed by atoms with E-state index in [4.69, 9.17) is 25.9 Å². The van der Waals surface area contributed by atoms with Gasteiger partial charge in [-0.25, -0.2) is 14.4 Å². The molecule has 1 atom stereocenters. The number of benzene rings is 3. The summed E-state index contributed by atoms with van der Waals surface area (Å²) in [5.74, 6) is 6.67. The van der Waals surface area contributed by atoms with Crippen molar-refractivity contribution >= 4 is 39.7 Å². The van der Waals surface area contributed by atoms with Gasteiger partial charge in [0.15, 0.2) is 5.71 Å². The summed E-state index contributed by atoms with van der Waals surface area (Å²) in [7, 11) is 0. The van der Waals surface area contributed by atoms with Crippen LogP contribution in [0.15, 0.2) is 72.1 Å². The van der Waals surface area contributed by atoms with E-state index in [-0.39, 0.29) is 18.5 Å². The number of nitrogens with one attached hydrogen (secondary N) is 2. The van der Waals surface area contributed by atoms with Crippen LogP contribution in [0.4, 0.5) is 15.9 Å². The third-order valence-electron chi connectivity index (χ3n) is 6.05. The smallest absolute Gasteiger partial charge is 0.159 e. The zero-order chi connectivity index (χ0) is 27.7. The Balaban J connectivity index is 1.33. The van der Waals surface area contributed by atoms with E-state index >= 15 is 0 Å². The molecule has 1 aliphatic rings. The van der Waals surface area contributed by atoms with E-state index in [2.05, 4.69) is 37.6 Å². The molecule has 1 aromatic heterocycles. The lowest BCUT2D eigenvalue weighted by molar-refractivity contribution is -0.0300. The highest BCUT2D eigenvalue weighted by molar-refractivity contribution is 6.32. The molecule has 0 bridgehead atoms. The lowest BCUT2D eigenvalue weighted by Crippen LogP contribution is -2.40. The van der Waals surface area contributed by atoms with Gasteiger partial charge in [0.25, 0.3) is 0 Å². The van der Waals surface area contributed by atoms with Crippen molar-refractivity contribution in [3.8, 4) is 17.6 Å². The van der Waals surface area contributed by atoms with Gasteiger partial charge in [0.05, 0.1) is 17.1 Å². The monoisotopic (exact) mass is 559 g/mol. The van der Waals surface area contributed by atoms with Crippen molar-refractivity contribution in [1.82, 2.24) is 15.3 Å². The number of nitrogens with zero attached hydrogens (tertiary/aromatic N) is 3. The van der Waals surface area contributed by atoms with Gasteiger partial charge in [0.2, 0.25) is 0 Å². The lowest BCUT2D eigenvalue weighted by atomic mass is 10.1. The Bertz CT molecular complexity index is 1580. The molecule has 8 nitrogen and oxygen atoms in total. The molecule has 2 N–H and O–H groups in total. The normalized spacial score (nSPS) is 15.3. The molecule has 1 saturated heterocycles. The average molecular weight is 560 g/mol. The Morgan fingerprint density at radius 2 is 2.12 bits per heavy atom. The molecular weight excluding hydrogens is 533 g/mol. The SMILES string of the molecule is CC#CC(=NOCC1CNCCO1)c1ccc2ncnc(Nc3ccc(OCc4cccc(F)c4)c(Cl)c3)c2c1. The first kappa shape index (κ1) is 27.3. The fourth-order valence-corrected chi connectivity index (χ4v) is 4.34. The van der Waals surface area contributed by atoms with Crippen molar-refractivity contribution in [2.75, 3.05) is 31.6 Å². The van der Waals surface area contributed by atoms with Gasteiger partial charge < -0.3 is 24.9 Å². The standard InChI is InChI=1S/C30H27ClFN5O3/c1-2-4-27(37-40-18-24-16-33-11-12-38-24)21-7-9-28-25(14-21)30(35-19-34-28)36-23-8-10-29(26(31)15-23)39-17-20-5-3-6-22(32)13-20/h3,5-10,13-15,19,24,33H,11-12,16-18H2,1H3,(H,34,35,36). The van der Waals surface area contributed by atoms with Crippen molar-refractivity contribution in [2.45, 2.75) is 19.6 Å². The predicted octanol–water partition coefficient (Wildman–Crippen LogP) is 5.48. The van der Waals surface area contributed by atoms with E-state index in [9.17, 15) is 4.39 Å². The minimum absolute atomic E-state index is 0.0564. The van der Waals surface area contributed by atoms with E-state index in [1.165, 1.54) is 18.5 Å². The number of halogens is 2. The van der Waals surface area contributed by atoms with Gasteiger partial charge in [-0.2, -0.15) is 0 Å². The number of oxime groups is 1. The number of morpholine rings is 1. The van der Waals surface area contributed by atoms with Gasteiger partial charge in [-0.3, -0.25) is 0 Å². The van der Waals surface area contributed by atoms with Crippen molar-refractivity contribution < 1.29 is 18.7 Å². The molecule has 0 spiro atoms. The average Bonchev–Trinajstić information content (AvgIpc) is 2.97. The molecule has 3 aromatic carbocycles. The summed E-state index contributed by atoms with van der Waals surface area (Å²) in [5.41, 5.74) is 3.42. The van der Waals surface area contributed by atoms with Gasteiger partial charge in [0.1, 0.15) is 43.0 Å². The molecule has 1 fully saturated rings. The molecule has 1 unspecified atom stereocenters. The van der Waals surface area contributed by atoms with Gasteiger partial charge >= 0.3 is 0 Å². The maximum absolute atomic E-state index is 13.4. The summed E-state index contributed by atoms with van der Waals surface area (Å²) < 4.78 is 24.9. The molecule has 0 saturated carbocycles. The van der Waals surface area contributed by atoms with Gasteiger partial charge in [-0.05, 0) is 66.9 Å². The summed E-state index contributed by atoms with van der Waals surface area (Å²) in [6.07, 6.45) is 1.43. The summed E-state index contributed by atoms with van der Waals surface area (Å²) in [6, 6.07) is 17.3. The molecule has 1 aliphatic heterocycles. The summed E-state index contributed by atoms with van der Waals surface area (Å²) in [4.78, 5) is 14.4. The number of aromatic nitrogens is 2. The fourth-order valence-electron chi connectivity index (χ4n) is 4.10. The van der Waals surface area contributed by atoms with Crippen molar-refractivity contribution in [2.24, 2.45) is 5.16 Å². The number of fused-ring (bicyclic) bond motifs is 1. The number of anilines is 2. The topological polar surface area (TPSA) is 89.9 Å². The number of hydrogen-bond donors (Lipinski definition) is 2. The van der Waals surface area contributed by atoms with Gasteiger partial charge in [0, 0.05) is 29.7 Å². The highest BCUT2D eigenvalue weighted by atomic mass is 35.5. The van der Waals surface area contributed by atoms with Crippen molar-refractivity contribution in [3.05, 3.63) is 89.0 Å². The van der Waals surface area contributed by atoms with Crippen molar-refractivity contribution in [1.29, 1.82) is 0 Å². The highest BCUT2D eigenvalue weighted by Crippen LogP contribution is 2.31. The molecule has 0 aliphatic carbocycles. The Kier molecular flexibility index (Phi) is 9.04. The Morgan fingerprint density at radius 3 is 2.92 bits per heavy atom. The second kappa shape index (κ2) is 13.2. The first-order valence-electron chi connectivity index (χ1n) is 12.7. The van der Waals surface area contributed by atoms with Crippen LogP contribution in [-0.4, -0.2) is 48.1 Å². The number of hydrogen-bond acceptors (Lipinski definition) is 8. The van der Waals surface area contributed by atoms with Crippen LogP contribution in [0.25, 0.3) is 10.9 Å². The molecule has 4 aromatic rings. The highest BCUT2D eigenvalue weighted by Gasteiger charge is 2.15. The van der Waals surface area contributed by atoms with E-state index < -0.39 is 0 Å². The minimum atomic E-state index is -0.314. The molecule has 40 heavy (non-hydrogen) atoms. The summed E-state index contributed by atoms with van der Waals surface area (Å²) in [5, 5.41) is 12.0. The number of rotatable bonds is 9. The maximum atomic E-state index is 13.4. The molecular formula is C30H27ClFN5O3. The third kappa shape index (κ3) is 7.04. The largest absolute Gasteiger partial charge is 0.487 e. The zero-order valence-corrected chi connectivity index (χ0v) is 22.5. The molecule has 0 radical (unpaired) electrons. The molecule has 204 valence electrons. The summed E-state index contributed by atoms with van der Waals surface area (Å²) >= 11 is 6.49. The van der Waals surface area contributed by atoms with Crippen LogP contribution in [0, 0.1) is 17.7 Å². The van der Waals surface area contributed by atoms with Crippen LogP contribution in [0.2, 0.25) is 5.02 Å². The van der Waals surface area contributed by atoms with E-state index in [0.717, 1.165) is 29.6 Å². The quantitative estimate of drug-likeness (QED) is 0.159. The molecule has 0 amide bonds. The first-order valence-corrected chi connectivity index (χ1v) is 13.1. The van der Waals surface area contributed by atoms with Crippen LogP contribution in [-0.2, 0) is 16.2 Å². The van der Waals surface area contributed by atoms with Crippen LogP contribution in [0.1, 0.15) is 18.1 Å². The van der Waals surface area contributed by atoms with Crippen molar-refractivity contribution in [3.63, 3.8) is 0 Å². The zero-order valence-electron chi connectivity index (χ0n) is 21.8. The van der Waals surface area contributed by atoms with Crippen LogP contribution >= 0.6 is 11.6 Å². The molecule has 2 heterocycles. The third-order valence-corrected chi connectivity index (χ3v) is 6.35. The van der Waals surface area contributed by atoms with Crippen LogP contribution in [0.5, 0.6) is 5.75 Å². The Labute approximate surface area is 236 Å². The Hall–Kier alpha value is -4.23.